The summed E-state index contributed by atoms with van der Waals surface area (Å²) in [5, 5.41) is 22.4. The van der Waals surface area contributed by atoms with Crippen LogP contribution in [-0.4, -0.2) is 32.6 Å². The maximum atomic E-state index is 12.5. The molecular formula is C22H22N6O2. The Hall–Kier alpha value is -3.57. The quantitative estimate of drug-likeness (QED) is 0.552. The zero-order valence-corrected chi connectivity index (χ0v) is 16.4. The molecule has 1 aliphatic rings. The van der Waals surface area contributed by atoms with Crippen LogP contribution in [0.15, 0.2) is 36.8 Å². The van der Waals surface area contributed by atoms with E-state index in [0.717, 1.165) is 29.4 Å². The second-order valence-corrected chi connectivity index (χ2v) is 7.48. The Labute approximate surface area is 173 Å². The van der Waals surface area contributed by atoms with Crippen LogP contribution in [0, 0.1) is 23.2 Å². The lowest BCUT2D eigenvalue weighted by atomic mass is 10.0. The molecule has 30 heavy (non-hydrogen) atoms. The number of hydrogen-bond donors (Lipinski definition) is 3. The lowest BCUT2D eigenvalue weighted by Crippen LogP contribution is -2.15. The Morgan fingerprint density at radius 3 is 3.03 bits per heavy atom. The van der Waals surface area contributed by atoms with Crippen molar-refractivity contribution >= 4 is 28.3 Å². The van der Waals surface area contributed by atoms with E-state index in [2.05, 4.69) is 26.3 Å². The summed E-state index contributed by atoms with van der Waals surface area (Å²) in [7, 11) is 0. The van der Waals surface area contributed by atoms with Crippen molar-refractivity contribution in [1.82, 2.24) is 15.0 Å². The van der Waals surface area contributed by atoms with Gasteiger partial charge in [-0.3, -0.25) is 9.78 Å². The van der Waals surface area contributed by atoms with Gasteiger partial charge < -0.3 is 16.2 Å². The van der Waals surface area contributed by atoms with E-state index in [1.807, 2.05) is 12.1 Å². The Bertz CT molecular complexity index is 1140. The van der Waals surface area contributed by atoms with Crippen LogP contribution in [0.5, 0.6) is 0 Å². The number of aromatic nitrogens is 3. The van der Waals surface area contributed by atoms with Gasteiger partial charge in [-0.2, -0.15) is 5.26 Å². The third-order valence-corrected chi connectivity index (χ3v) is 5.45. The van der Waals surface area contributed by atoms with E-state index in [0.29, 0.717) is 35.6 Å². The molecule has 152 valence electrons. The van der Waals surface area contributed by atoms with Gasteiger partial charge in [0.25, 0.3) is 0 Å². The second kappa shape index (κ2) is 8.43. The van der Waals surface area contributed by atoms with Crippen molar-refractivity contribution in [3.63, 3.8) is 0 Å². The van der Waals surface area contributed by atoms with E-state index in [9.17, 15) is 9.90 Å². The van der Waals surface area contributed by atoms with Crippen LogP contribution in [0.25, 0.3) is 22.0 Å². The van der Waals surface area contributed by atoms with Crippen LogP contribution >= 0.6 is 0 Å². The third kappa shape index (κ3) is 4.07. The number of carbonyl (C=O) groups excluding carboxylic acids is 1. The molecular weight excluding hydrogens is 380 g/mol. The standard InChI is InChI=1S/C22H22N6O2/c23-5-1-2-14-8-16(14)22(30)28-20-10-15-9-19(27-21(24)18(15)12-26-20)17-11-25-6-3-13(17)4-7-29/h3,6,9-12,14,16,29H,1-2,4,7-8H2,(H2,24,27)(H,26,28,30)/t14-,16-/m0/s1. The molecule has 0 unspecified atom stereocenters. The van der Waals surface area contributed by atoms with E-state index in [-0.39, 0.29) is 24.3 Å². The van der Waals surface area contributed by atoms with Crippen molar-refractivity contribution in [3.8, 4) is 17.3 Å². The normalized spacial score (nSPS) is 17.5. The van der Waals surface area contributed by atoms with E-state index < -0.39 is 0 Å². The fourth-order valence-corrected chi connectivity index (χ4v) is 3.73. The average Bonchev–Trinajstić information content (AvgIpc) is 3.52. The van der Waals surface area contributed by atoms with E-state index in [4.69, 9.17) is 11.0 Å². The van der Waals surface area contributed by atoms with Crippen LogP contribution in [0.3, 0.4) is 0 Å². The smallest absolute Gasteiger partial charge is 0.228 e. The van der Waals surface area contributed by atoms with Gasteiger partial charge in [0.05, 0.1) is 11.8 Å². The molecule has 0 aliphatic heterocycles. The first-order chi connectivity index (χ1) is 14.6. The number of nitrogens with zero attached hydrogens (tertiary/aromatic N) is 4. The van der Waals surface area contributed by atoms with Gasteiger partial charge in [0, 0.05) is 48.5 Å². The van der Waals surface area contributed by atoms with Gasteiger partial charge in [-0.05, 0) is 54.3 Å². The summed E-state index contributed by atoms with van der Waals surface area (Å²) in [6.45, 7) is 0.0245. The van der Waals surface area contributed by atoms with Crippen molar-refractivity contribution in [2.45, 2.75) is 25.7 Å². The molecule has 0 radical (unpaired) electrons. The Morgan fingerprint density at radius 1 is 1.37 bits per heavy atom. The molecule has 0 spiro atoms. The van der Waals surface area contributed by atoms with Gasteiger partial charge in [-0.15, -0.1) is 0 Å². The highest BCUT2D eigenvalue weighted by Gasteiger charge is 2.42. The first-order valence-corrected chi connectivity index (χ1v) is 9.89. The molecule has 3 aromatic heterocycles. The molecule has 1 amide bonds. The molecule has 3 heterocycles. The minimum atomic E-state index is -0.0652. The van der Waals surface area contributed by atoms with Crippen molar-refractivity contribution in [2.24, 2.45) is 11.8 Å². The lowest BCUT2D eigenvalue weighted by Gasteiger charge is -2.11. The molecule has 2 atom stereocenters. The minimum Gasteiger partial charge on any atom is -0.396 e. The number of hydrogen-bond acceptors (Lipinski definition) is 7. The number of nitrogen functional groups attached to an aromatic ring is 1. The molecule has 3 aromatic rings. The molecule has 4 N–H and O–H groups in total. The lowest BCUT2D eigenvalue weighted by molar-refractivity contribution is -0.117. The first-order valence-electron chi connectivity index (χ1n) is 9.89. The van der Waals surface area contributed by atoms with Gasteiger partial charge >= 0.3 is 0 Å². The Kier molecular flexibility index (Phi) is 5.55. The summed E-state index contributed by atoms with van der Waals surface area (Å²) in [6, 6.07) is 7.64. The molecule has 1 saturated carbocycles. The molecule has 0 aromatic carbocycles. The molecule has 1 aliphatic carbocycles. The maximum Gasteiger partial charge on any atom is 0.228 e. The third-order valence-electron chi connectivity index (χ3n) is 5.45. The number of carbonyl (C=O) groups is 1. The number of aliphatic hydroxyl groups excluding tert-OH is 1. The highest BCUT2D eigenvalue weighted by Crippen LogP contribution is 2.42. The van der Waals surface area contributed by atoms with E-state index in [1.165, 1.54) is 0 Å². The van der Waals surface area contributed by atoms with Gasteiger partial charge in [-0.1, -0.05) is 0 Å². The molecule has 8 heteroatoms. The zero-order valence-electron chi connectivity index (χ0n) is 16.4. The predicted molar refractivity (Wildman–Crippen MR) is 113 cm³/mol. The van der Waals surface area contributed by atoms with Gasteiger partial charge in [0.2, 0.25) is 5.91 Å². The van der Waals surface area contributed by atoms with Crippen molar-refractivity contribution in [1.29, 1.82) is 5.26 Å². The maximum absolute atomic E-state index is 12.5. The number of aliphatic hydroxyl groups is 1. The Balaban J connectivity index is 1.60. The number of fused-ring (bicyclic) bond motifs is 1. The van der Waals surface area contributed by atoms with Crippen LogP contribution < -0.4 is 11.1 Å². The average molecular weight is 402 g/mol. The van der Waals surface area contributed by atoms with Crippen molar-refractivity contribution in [2.75, 3.05) is 17.7 Å². The summed E-state index contributed by atoms with van der Waals surface area (Å²) in [5.41, 5.74) is 8.55. The van der Waals surface area contributed by atoms with Gasteiger partial charge in [0.15, 0.2) is 0 Å². The zero-order chi connectivity index (χ0) is 21.1. The highest BCUT2D eigenvalue weighted by atomic mass is 16.3. The second-order valence-electron chi connectivity index (χ2n) is 7.48. The van der Waals surface area contributed by atoms with E-state index >= 15 is 0 Å². The summed E-state index contributed by atoms with van der Waals surface area (Å²) in [5.74, 6) is 0.962. The van der Waals surface area contributed by atoms with Crippen molar-refractivity contribution in [3.05, 3.63) is 42.4 Å². The summed E-state index contributed by atoms with van der Waals surface area (Å²) >= 11 is 0. The minimum absolute atomic E-state index is 0.0245. The van der Waals surface area contributed by atoms with Gasteiger partial charge in [-0.25, -0.2) is 9.97 Å². The monoisotopic (exact) mass is 402 g/mol. The first kappa shape index (κ1) is 19.7. The number of nitriles is 1. The number of amides is 1. The number of pyridine rings is 3. The predicted octanol–water partition coefficient (Wildman–Crippen LogP) is 2.69. The molecule has 0 bridgehead atoms. The summed E-state index contributed by atoms with van der Waals surface area (Å²) < 4.78 is 0. The molecule has 4 rings (SSSR count). The fourth-order valence-electron chi connectivity index (χ4n) is 3.73. The number of nitrogens with one attached hydrogen (secondary N) is 1. The van der Waals surface area contributed by atoms with Gasteiger partial charge in [0.1, 0.15) is 11.6 Å². The topological polar surface area (TPSA) is 138 Å². The molecule has 0 saturated heterocycles. The number of anilines is 2. The fraction of sp³-hybridized carbons (Fsp3) is 0.318. The Morgan fingerprint density at radius 2 is 2.23 bits per heavy atom. The largest absolute Gasteiger partial charge is 0.396 e. The van der Waals surface area contributed by atoms with Crippen LogP contribution in [-0.2, 0) is 11.2 Å². The van der Waals surface area contributed by atoms with Crippen molar-refractivity contribution < 1.29 is 9.90 Å². The van der Waals surface area contributed by atoms with Crippen LogP contribution in [0.2, 0.25) is 0 Å². The summed E-state index contributed by atoms with van der Waals surface area (Å²) in [4.78, 5) is 25.4. The number of nitrogens with two attached hydrogens (primary N) is 1. The van der Waals surface area contributed by atoms with Crippen LogP contribution in [0.1, 0.15) is 24.8 Å². The van der Waals surface area contributed by atoms with Crippen LogP contribution in [0.4, 0.5) is 11.6 Å². The SMILES string of the molecule is N#CCC[C@H]1C[C@@H]1C(=O)Nc1cc2cc(-c3cnccc3CCO)nc(N)c2cn1. The summed E-state index contributed by atoms with van der Waals surface area (Å²) in [6.07, 6.45) is 7.53. The number of rotatable bonds is 7. The molecule has 1 fully saturated rings. The van der Waals surface area contributed by atoms with E-state index in [1.54, 1.807) is 24.7 Å². The highest BCUT2D eigenvalue weighted by molar-refractivity contribution is 5.98. The molecule has 8 nitrogen and oxygen atoms in total.